The summed E-state index contributed by atoms with van der Waals surface area (Å²) in [4.78, 5) is 41.7. The molecule has 0 saturated carbocycles. The number of aromatic nitrogens is 4. The summed E-state index contributed by atoms with van der Waals surface area (Å²) < 4.78 is 1.94. The van der Waals surface area contributed by atoms with Crippen LogP contribution in [-0.4, -0.2) is 67.3 Å². The van der Waals surface area contributed by atoms with E-state index in [1.54, 1.807) is 40.4 Å². The van der Waals surface area contributed by atoms with Gasteiger partial charge in [-0.2, -0.15) is 0 Å². The van der Waals surface area contributed by atoms with Crippen molar-refractivity contribution in [3.05, 3.63) is 83.9 Å². The highest BCUT2D eigenvalue weighted by atomic mass is 16.2. The maximum absolute atomic E-state index is 13.1. The molecule has 2 aromatic heterocycles. The zero-order valence-electron chi connectivity index (χ0n) is 20.8. The van der Waals surface area contributed by atoms with Crippen LogP contribution >= 0.6 is 0 Å². The van der Waals surface area contributed by atoms with Crippen LogP contribution in [0.25, 0.3) is 11.0 Å². The third-order valence-electron chi connectivity index (χ3n) is 6.36. The van der Waals surface area contributed by atoms with Gasteiger partial charge in [-0.1, -0.05) is 12.1 Å². The number of benzene rings is 2. The Labute approximate surface area is 214 Å². The van der Waals surface area contributed by atoms with E-state index in [9.17, 15) is 9.59 Å². The number of hydrogen-bond donors (Lipinski definition) is 2. The Morgan fingerprint density at radius 3 is 2.14 bits per heavy atom. The summed E-state index contributed by atoms with van der Waals surface area (Å²) in [5.74, 6) is 0.311. The molecule has 2 N–H and O–H groups in total. The fourth-order valence-electron chi connectivity index (χ4n) is 4.47. The third kappa shape index (κ3) is 4.90. The van der Waals surface area contributed by atoms with Gasteiger partial charge in [0, 0.05) is 55.9 Å². The highest BCUT2D eigenvalue weighted by molar-refractivity contribution is 5.95. The van der Waals surface area contributed by atoms with Crippen molar-refractivity contribution in [2.75, 3.05) is 31.5 Å². The van der Waals surface area contributed by atoms with E-state index in [2.05, 4.69) is 20.3 Å². The second-order valence-electron chi connectivity index (χ2n) is 9.12. The van der Waals surface area contributed by atoms with Gasteiger partial charge in [0.05, 0.1) is 11.0 Å². The van der Waals surface area contributed by atoms with Gasteiger partial charge in [-0.3, -0.25) is 15.0 Å². The van der Waals surface area contributed by atoms with Crippen LogP contribution in [0.5, 0.6) is 0 Å². The number of para-hydroxylation sites is 2. The molecule has 1 saturated heterocycles. The lowest BCUT2D eigenvalue weighted by Gasteiger charge is -2.34. The Morgan fingerprint density at radius 2 is 1.49 bits per heavy atom. The van der Waals surface area contributed by atoms with E-state index in [0.29, 0.717) is 43.0 Å². The molecule has 1 fully saturated rings. The minimum atomic E-state index is -0.224. The van der Waals surface area contributed by atoms with Crippen LogP contribution in [0.2, 0.25) is 0 Å². The van der Waals surface area contributed by atoms with Crippen LogP contribution in [0, 0.1) is 5.41 Å². The molecule has 0 aliphatic carbocycles. The molecule has 1 aliphatic heterocycles. The highest BCUT2D eigenvalue weighted by Gasteiger charge is 2.26. The van der Waals surface area contributed by atoms with E-state index in [-0.39, 0.29) is 23.7 Å². The molecular formula is C27H28N8O2. The third-order valence-corrected chi connectivity index (χ3v) is 6.36. The van der Waals surface area contributed by atoms with Crippen molar-refractivity contribution < 1.29 is 9.59 Å². The van der Waals surface area contributed by atoms with Crippen molar-refractivity contribution in [2.45, 2.75) is 19.9 Å². The van der Waals surface area contributed by atoms with E-state index in [1.165, 1.54) is 0 Å². The van der Waals surface area contributed by atoms with Gasteiger partial charge in [0.1, 0.15) is 0 Å². The quantitative estimate of drug-likeness (QED) is 0.438. The number of nitrogens with one attached hydrogen (secondary N) is 2. The summed E-state index contributed by atoms with van der Waals surface area (Å²) >= 11 is 0. The van der Waals surface area contributed by atoms with E-state index in [1.807, 2.05) is 54.8 Å². The Balaban J connectivity index is 1.26. The van der Waals surface area contributed by atoms with Crippen LogP contribution in [-0.2, 0) is 0 Å². The molecule has 1 aliphatic rings. The van der Waals surface area contributed by atoms with Crippen LogP contribution in [0.3, 0.4) is 0 Å². The molecule has 2 amide bonds. The second kappa shape index (κ2) is 10.2. The zero-order chi connectivity index (χ0) is 25.9. The van der Waals surface area contributed by atoms with Crippen molar-refractivity contribution in [3.8, 4) is 0 Å². The van der Waals surface area contributed by atoms with Crippen LogP contribution < -0.4 is 10.8 Å². The standard InChI is InChI=1S/C27H28N8O2/c1-18(2)35-22-7-4-3-6-21(22)32-24(23(35)28)31-20-10-8-19(9-11-20)26(36)33-14-16-34(17-15-33)27(37)25-29-12-5-13-30-25/h3-13,18,28H,14-17H2,1-2H3,(H,31,32). The molecule has 10 heteroatoms. The molecule has 0 radical (unpaired) electrons. The van der Waals surface area contributed by atoms with E-state index >= 15 is 0 Å². The monoisotopic (exact) mass is 496 g/mol. The number of nitrogens with zero attached hydrogens (tertiary/aromatic N) is 6. The average Bonchev–Trinajstić information content (AvgIpc) is 2.93. The first-order valence-corrected chi connectivity index (χ1v) is 12.2. The molecular weight excluding hydrogens is 468 g/mol. The van der Waals surface area contributed by atoms with Crippen molar-refractivity contribution in [1.29, 1.82) is 5.41 Å². The molecule has 188 valence electrons. The predicted octanol–water partition coefficient (Wildman–Crippen LogP) is 3.23. The summed E-state index contributed by atoms with van der Waals surface area (Å²) in [6.45, 7) is 5.82. The van der Waals surface area contributed by atoms with Gasteiger partial charge in [0.25, 0.3) is 11.8 Å². The smallest absolute Gasteiger partial charge is 0.291 e. The number of carbonyl (C=O) groups excluding carboxylic acids is 2. The number of carbonyl (C=O) groups is 2. The fraction of sp³-hybridized carbons (Fsp3) is 0.259. The SMILES string of the molecule is CC(C)n1c(=N)c(Nc2ccc(C(=O)N3CCN(C(=O)c4ncccn4)CC3)cc2)nc2ccccc21. The molecule has 5 rings (SSSR count). The van der Waals surface area contributed by atoms with Gasteiger partial charge in [-0.15, -0.1) is 0 Å². The molecule has 10 nitrogen and oxygen atoms in total. The first kappa shape index (κ1) is 24.1. The first-order chi connectivity index (χ1) is 17.9. The average molecular weight is 497 g/mol. The molecule has 37 heavy (non-hydrogen) atoms. The number of anilines is 2. The topological polar surface area (TPSA) is 120 Å². The maximum Gasteiger partial charge on any atom is 0.291 e. The maximum atomic E-state index is 13.1. The van der Waals surface area contributed by atoms with Crippen LogP contribution in [0.4, 0.5) is 11.5 Å². The lowest BCUT2D eigenvalue weighted by atomic mass is 10.1. The summed E-state index contributed by atoms with van der Waals surface area (Å²) in [6, 6.07) is 16.7. The molecule has 0 unspecified atom stereocenters. The zero-order valence-corrected chi connectivity index (χ0v) is 20.8. The number of hydrogen-bond acceptors (Lipinski definition) is 7. The molecule has 0 spiro atoms. The van der Waals surface area contributed by atoms with Crippen molar-refractivity contribution in [2.24, 2.45) is 0 Å². The molecule has 2 aromatic carbocycles. The number of amides is 2. The van der Waals surface area contributed by atoms with Gasteiger partial charge < -0.3 is 19.7 Å². The number of fused-ring (bicyclic) bond motifs is 1. The molecule has 4 aromatic rings. The van der Waals surface area contributed by atoms with Crippen LogP contribution in [0.15, 0.2) is 67.0 Å². The Bertz CT molecular complexity index is 1490. The van der Waals surface area contributed by atoms with E-state index < -0.39 is 0 Å². The largest absolute Gasteiger partial charge is 0.337 e. The minimum Gasteiger partial charge on any atom is -0.337 e. The minimum absolute atomic E-state index is 0.0859. The second-order valence-corrected chi connectivity index (χ2v) is 9.12. The Hall–Kier alpha value is -4.60. The molecule has 0 atom stereocenters. The predicted molar refractivity (Wildman–Crippen MR) is 140 cm³/mol. The van der Waals surface area contributed by atoms with E-state index in [4.69, 9.17) is 5.41 Å². The van der Waals surface area contributed by atoms with Crippen LogP contribution in [0.1, 0.15) is 40.9 Å². The van der Waals surface area contributed by atoms with E-state index in [0.717, 1.165) is 16.7 Å². The number of rotatable bonds is 5. The summed E-state index contributed by atoms with van der Waals surface area (Å²) in [6.07, 6.45) is 3.09. The summed E-state index contributed by atoms with van der Waals surface area (Å²) in [5, 5.41) is 11.9. The highest BCUT2D eigenvalue weighted by Crippen LogP contribution is 2.20. The molecule has 0 bridgehead atoms. The lowest BCUT2D eigenvalue weighted by molar-refractivity contribution is 0.0529. The van der Waals surface area contributed by atoms with Crippen molar-refractivity contribution in [3.63, 3.8) is 0 Å². The molecule has 3 heterocycles. The first-order valence-electron chi connectivity index (χ1n) is 12.2. The van der Waals surface area contributed by atoms with Gasteiger partial charge in [0.15, 0.2) is 11.3 Å². The summed E-state index contributed by atoms with van der Waals surface area (Å²) in [7, 11) is 0. The van der Waals surface area contributed by atoms with Crippen molar-refractivity contribution >= 4 is 34.4 Å². The Kier molecular flexibility index (Phi) is 6.63. The van der Waals surface area contributed by atoms with Gasteiger partial charge in [-0.25, -0.2) is 15.0 Å². The normalized spacial score (nSPS) is 13.7. The Morgan fingerprint density at radius 1 is 0.865 bits per heavy atom. The lowest BCUT2D eigenvalue weighted by Crippen LogP contribution is -2.50. The van der Waals surface area contributed by atoms with Gasteiger partial charge in [0.2, 0.25) is 5.82 Å². The summed E-state index contributed by atoms with van der Waals surface area (Å²) in [5.41, 5.74) is 3.31. The number of piperazine rings is 1. The fourth-order valence-corrected chi connectivity index (χ4v) is 4.47. The van der Waals surface area contributed by atoms with Crippen molar-refractivity contribution in [1.82, 2.24) is 29.3 Å². The van der Waals surface area contributed by atoms with Gasteiger partial charge in [-0.05, 0) is 56.3 Å². The van der Waals surface area contributed by atoms with Gasteiger partial charge >= 0.3 is 0 Å².